The summed E-state index contributed by atoms with van der Waals surface area (Å²) in [6.45, 7) is 0. The molecule has 2 aromatic carbocycles. The molecule has 0 radical (unpaired) electrons. The summed E-state index contributed by atoms with van der Waals surface area (Å²) in [6.07, 6.45) is 0. The molecule has 0 aliphatic carbocycles. The molecular weight excluding hydrogens is 292 g/mol. The molecule has 0 aromatic heterocycles. The van der Waals surface area contributed by atoms with Crippen molar-refractivity contribution < 1.29 is 9.59 Å². The third-order valence-electron chi connectivity index (χ3n) is 2.44. The molecule has 2 aromatic rings. The van der Waals surface area contributed by atoms with Gasteiger partial charge in [0.15, 0.2) is 0 Å². The maximum atomic E-state index is 11.6. The third kappa shape index (κ3) is 4.70. The van der Waals surface area contributed by atoms with Gasteiger partial charge >= 0.3 is 12.1 Å². The van der Waals surface area contributed by atoms with Gasteiger partial charge in [-0.2, -0.15) is 0 Å². The fourth-order valence-electron chi connectivity index (χ4n) is 1.51. The number of benzene rings is 2. The molecule has 108 valence electrons. The van der Waals surface area contributed by atoms with E-state index in [-0.39, 0.29) is 0 Å². The summed E-state index contributed by atoms with van der Waals surface area (Å²) in [6, 6.07) is 14.5. The number of carbonyl (C=O) groups is 2. The van der Waals surface area contributed by atoms with E-state index >= 15 is 0 Å². The highest BCUT2D eigenvalue weighted by molar-refractivity contribution is 6.33. The summed E-state index contributed by atoms with van der Waals surface area (Å²) in [5.41, 5.74) is 5.48. The third-order valence-corrected chi connectivity index (χ3v) is 2.77. The van der Waals surface area contributed by atoms with Crippen LogP contribution in [0.15, 0.2) is 54.6 Å². The van der Waals surface area contributed by atoms with E-state index in [1.807, 2.05) is 6.07 Å². The molecule has 0 fully saturated rings. The Morgan fingerprint density at radius 2 is 1.33 bits per heavy atom. The molecule has 4 amide bonds. The van der Waals surface area contributed by atoms with E-state index in [9.17, 15) is 9.59 Å². The molecule has 0 aliphatic rings. The number of hydrogen-bond donors (Lipinski definition) is 4. The van der Waals surface area contributed by atoms with Gasteiger partial charge in [-0.15, -0.1) is 0 Å². The summed E-state index contributed by atoms with van der Waals surface area (Å²) in [4.78, 5) is 23.1. The lowest BCUT2D eigenvalue weighted by Crippen LogP contribution is -2.45. The fraction of sp³-hybridized carbons (Fsp3) is 0. The Morgan fingerprint density at radius 3 is 2.00 bits per heavy atom. The van der Waals surface area contributed by atoms with Gasteiger partial charge in [-0.3, -0.25) is 0 Å². The van der Waals surface area contributed by atoms with Crippen molar-refractivity contribution in [1.82, 2.24) is 10.9 Å². The highest BCUT2D eigenvalue weighted by Crippen LogP contribution is 2.19. The second-order valence-corrected chi connectivity index (χ2v) is 4.41. The summed E-state index contributed by atoms with van der Waals surface area (Å²) in [5.74, 6) is 0. The van der Waals surface area contributed by atoms with Crippen LogP contribution in [-0.2, 0) is 0 Å². The van der Waals surface area contributed by atoms with Crippen LogP contribution in [0.1, 0.15) is 0 Å². The van der Waals surface area contributed by atoms with Crippen molar-refractivity contribution in [2.75, 3.05) is 10.6 Å². The molecule has 0 saturated carbocycles. The van der Waals surface area contributed by atoms with Gasteiger partial charge < -0.3 is 10.6 Å². The van der Waals surface area contributed by atoms with Crippen LogP contribution in [0.2, 0.25) is 5.02 Å². The van der Waals surface area contributed by atoms with Crippen LogP contribution in [0.25, 0.3) is 0 Å². The average Bonchev–Trinajstić information content (AvgIpc) is 2.49. The van der Waals surface area contributed by atoms with Crippen LogP contribution in [-0.4, -0.2) is 12.1 Å². The van der Waals surface area contributed by atoms with E-state index in [1.165, 1.54) is 0 Å². The Balaban J connectivity index is 1.79. The maximum absolute atomic E-state index is 11.6. The van der Waals surface area contributed by atoms with Crippen molar-refractivity contribution in [3.05, 3.63) is 59.6 Å². The van der Waals surface area contributed by atoms with Gasteiger partial charge in [-0.1, -0.05) is 41.9 Å². The zero-order valence-corrected chi connectivity index (χ0v) is 11.6. The summed E-state index contributed by atoms with van der Waals surface area (Å²) in [7, 11) is 0. The Morgan fingerprint density at radius 1 is 0.762 bits per heavy atom. The molecule has 0 unspecified atom stereocenters. The van der Waals surface area contributed by atoms with E-state index < -0.39 is 12.1 Å². The number of anilines is 2. The number of hydrogen-bond acceptors (Lipinski definition) is 2. The number of urea groups is 2. The Hall–Kier alpha value is -2.73. The number of halogens is 1. The van der Waals surface area contributed by atoms with Gasteiger partial charge in [0.2, 0.25) is 0 Å². The molecule has 0 heterocycles. The van der Waals surface area contributed by atoms with Gasteiger partial charge in [0.1, 0.15) is 0 Å². The molecule has 0 spiro atoms. The molecule has 0 atom stereocenters. The predicted molar refractivity (Wildman–Crippen MR) is 82.2 cm³/mol. The highest BCUT2D eigenvalue weighted by atomic mass is 35.5. The number of para-hydroxylation sites is 2. The van der Waals surface area contributed by atoms with Crippen LogP contribution in [0, 0.1) is 0 Å². The minimum Gasteiger partial charge on any atom is -0.307 e. The van der Waals surface area contributed by atoms with E-state index in [2.05, 4.69) is 21.5 Å². The van der Waals surface area contributed by atoms with Crippen LogP contribution >= 0.6 is 11.6 Å². The van der Waals surface area contributed by atoms with E-state index in [1.54, 1.807) is 48.5 Å². The fourth-order valence-corrected chi connectivity index (χ4v) is 1.70. The lowest BCUT2D eigenvalue weighted by atomic mass is 10.3. The number of rotatable bonds is 2. The standard InChI is InChI=1S/C14H13ClN4O2/c15-11-8-4-5-9-12(11)17-14(21)19-18-13(20)16-10-6-2-1-3-7-10/h1-9H,(H2,16,18,20)(H2,17,19,21). The largest absolute Gasteiger partial charge is 0.338 e. The van der Waals surface area contributed by atoms with Crippen LogP contribution in [0.4, 0.5) is 21.0 Å². The van der Waals surface area contributed by atoms with E-state index in [0.717, 1.165) is 0 Å². The smallest absolute Gasteiger partial charge is 0.307 e. The second-order valence-electron chi connectivity index (χ2n) is 4.00. The predicted octanol–water partition coefficient (Wildman–Crippen LogP) is 3.20. The zero-order valence-electron chi connectivity index (χ0n) is 10.9. The first-order chi connectivity index (χ1) is 10.1. The first kappa shape index (κ1) is 14.7. The summed E-state index contributed by atoms with van der Waals surface area (Å²) < 4.78 is 0. The zero-order chi connectivity index (χ0) is 15.1. The van der Waals surface area contributed by atoms with Crippen LogP contribution in [0.3, 0.4) is 0 Å². The number of carbonyl (C=O) groups excluding carboxylic acids is 2. The van der Waals surface area contributed by atoms with Gasteiger partial charge in [0.25, 0.3) is 0 Å². The number of nitrogens with one attached hydrogen (secondary N) is 4. The first-order valence-corrected chi connectivity index (χ1v) is 6.46. The minimum atomic E-state index is -0.605. The van der Waals surface area contributed by atoms with E-state index in [4.69, 9.17) is 11.6 Å². The molecular formula is C14H13ClN4O2. The van der Waals surface area contributed by atoms with Crippen molar-refractivity contribution in [1.29, 1.82) is 0 Å². The average molecular weight is 305 g/mol. The van der Waals surface area contributed by atoms with Crippen molar-refractivity contribution in [3.8, 4) is 0 Å². The molecule has 6 nitrogen and oxygen atoms in total. The summed E-state index contributed by atoms with van der Waals surface area (Å²) >= 11 is 5.90. The van der Waals surface area contributed by atoms with Crippen molar-refractivity contribution in [3.63, 3.8) is 0 Å². The normalized spacial score (nSPS) is 9.57. The maximum Gasteiger partial charge on any atom is 0.338 e. The molecule has 21 heavy (non-hydrogen) atoms. The summed E-state index contributed by atoms with van der Waals surface area (Å²) in [5, 5.41) is 5.46. The van der Waals surface area contributed by atoms with E-state index in [0.29, 0.717) is 16.4 Å². The molecule has 2 rings (SSSR count). The van der Waals surface area contributed by atoms with Gasteiger partial charge in [-0.25, -0.2) is 20.4 Å². The monoisotopic (exact) mass is 304 g/mol. The van der Waals surface area contributed by atoms with Crippen LogP contribution in [0.5, 0.6) is 0 Å². The first-order valence-electron chi connectivity index (χ1n) is 6.09. The SMILES string of the molecule is O=C(NNC(=O)Nc1ccccc1Cl)Nc1ccccc1. The molecule has 4 N–H and O–H groups in total. The number of hydrazine groups is 1. The van der Waals surface area contributed by atoms with Crippen molar-refractivity contribution >= 4 is 35.0 Å². The Bertz CT molecular complexity index is 634. The Kier molecular flexibility index (Phi) is 5.00. The van der Waals surface area contributed by atoms with Crippen LogP contribution < -0.4 is 21.5 Å². The highest BCUT2D eigenvalue weighted by Gasteiger charge is 2.06. The topological polar surface area (TPSA) is 82.3 Å². The molecule has 0 bridgehead atoms. The Labute approximate surface area is 126 Å². The lowest BCUT2D eigenvalue weighted by molar-refractivity contribution is 0.237. The van der Waals surface area contributed by atoms with Crippen molar-refractivity contribution in [2.24, 2.45) is 0 Å². The molecule has 0 saturated heterocycles. The van der Waals surface area contributed by atoms with Gasteiger partial charge in [0, 0.05) is 5.69 Å². The van der Waals surface area contributed by atoms with Gasteiger partial charge in [-0.05, 0) is 24.3 Å². The molecule has 7 heteroatoms. The number of amides is 4. The second kappa shape index (κ2) is 7.16. The molecule has 0 aliphatic heterocycles. The van der Waals surface area contributed by atoms with Gasteiger partial charge in [0.05, 0.1) is 10.7 Å². The van der Waals surface area contributed by atoms with Crippen molar-refractivity contribution in [2.45, 2.75) is 0 Å². The minimum absolute atomic E-state index is 0.404. The quantitative estimate of drug-likeness (QED) is 0.643. The lowest BCUT2D eigenvalue weighted by Gasteiger charge is -2.10.